The van der Waals surface area contributed by atoms with Crippen molar-refractivity contribution in [2.45, 2.75) is 26.2 Å². The third-order valence-corrected chi connectivity index (χ3v) is 7.34. The highest BCUT2D eigenvalue weighted by molar-refractivity contribution is 9.09. The zero-order valence-electron chi connectivity index (χ0n) is 10.4. The molecule has 0 aromatic carbocycles. The molecule has 6 heteroatoms. The van der Waals surface area contributed by atoms with Crippen LogP contribution in [-0.2, 0) is 16.3 Å². The Morgan fingerprint density at radius 1 is 1.61 bits per heavy atom. The van der Waals surface area contributed by atoms with Crippen molar-refractivity contribution in [2.24, 2.45) is 11.8 Å². The van der Waals surface area contributed by atoms with E-state index in [2.05, 4.69) is 20.9 Å². The van der Waals surface area contributed by atoms with Crippen LogP contribution >= 0.6 is 27.3 Å². The van der Waals surface area contributed by atoms with Gasteiger partial charge in [0.05, 0.1) is 22.7 Å². The average Bonchev–Trinajstić information content (AvgIpc) is 2.87. The summed E-state index contributed by atoms with van der Waals surface area (Å²) in [6.45, 7) is 2.04. The maximum atomic E-state index is 11.5. The van der Waals surface area contributed by atoms with Crippen molar-refractivity contribution >= 4 is 37.1 Å². The molecule has 0 N–H and O–H groups in total. The summed E-state index contributed by atoms with van der Waals surface area (Å²) in [5, 5.41) is 0.894. The van der Waals surface area contributed by atoms with E-state index in [0.29, 0.717) is 23.3 Å². The second kappa shape index (κ2) is 6.01. The van der Waals surface area contributed by atoms with Crippen LogP contribution < -0.4 is 0 Å². The molecule has 2 unspecified atom stereocenters. The first-order chi connectivity index (χ1) is 8.52. The molecule has 0 amide bonds. The first kappa shape index (κ1) is 14.5. The van der Waals surface area contributed by atoms with Gasteiger partial charge in [0.15, 0.2) is 9.84 Å². The van der Waals surface area contributed by atoms with Crippen LogP contribution in [0.5, 0.6) is 0 Å². The Labute approximate surface area is 121 Å². The second-order valence-corrected chi connectivity index (χ2v) is 8.79. The molecule has 18 heavy (non-hydrogen) atoms. The first-order valence-electron chi connectivity index (χ1n) is 6.17. The number of hydrogen-bond acceptors (Lipinski definition) is 4. The van der Waals surface area contributed by atoms with E-state index >= 15 is 0 Å². The number of hydrogen-bond donors (Lipinski definition) is 0. The monoisotopic (exact) mass is 351 g/mol. The van der Waals surface area contributed by atoms with Crippen molar-refractivity contribution in [3.05, 3.63) is 16.1 Å². The number of alkyl halides is 1. The van der Waals surface area contributed by atoms with Crippen molar-refractivity contribution in [1.82, 2.24) is 4.98 Å². The Hall–Kier alpha value is 0.0600. The van der Waals surface area contributed by atoms with Crippen LogP contribution in [0.15, 0.2) is 5.51 Å². The topological polar surface area (TPSA) is 47.0 Å². The Bertz CT molecular complexity index is 498. The molecule has 2 rings (SSSR count). The van der Waals surface area contributed by atoms with Gasteiger partial charge in [-0.05, 0) is 38.0 Å². The quantitative estimate of drug-likeness (QED) is 0.766. The van der Waals surface area contributed by atoms with Crippen molar-refractivity contribution < 1.29 is 8.42 Å². The number of aromatic nitrogens is 1. The third kappa shape index (κ3) is 3.54. The Morgan fingerprint density at radius 3 is 2.89 bits per heavy atom. The number of rotatable bonds is 5. The van der Waals surface area contributed by atoms with Gasteiger partial charge in [-0.25, -0.2) is 13.4 Å². The van der Waals surface area contributed by atoms with Crippen LogP contribution in [0.3, 0.4) is 0 Å². The summed E-state index contributed by atoms with van der Waals surface area (Å²) in [5.41, 5.74) is 3.00. The van der Waals surface area contributed by atoms with Crippen LogP contribution in [0.2, 0.25) is 0 Å². The van der Waals surface area contributed by atoms with Gasteiger partial charge in [0.1, 0.15) is 0 Å². The predicted octanol–water partition coefficient (Wildman–Crippen LogP) is 2.83. The molecule has 1 saturated heterocycles. The molecule has 3 nitrogen and oxygen atoms in total. The van der Waals surface area contributed by atoms with E-state index in [-0.39, 0.29) is 0 Å². The van der Waals surface area contributed by atoms with Gasteiger partial charge in [-0.1, -0.05) is 15.9 Å². The SMILES string of the molecule is Cc1ncsc1CCC(CBr)C1CCS(=O)(=O)C1. The number of nitrogens with zero attached hydrogens (tertiary/aromatic N) is 1. The zero-order valence-corrected chi connectivity index (χ0v) is 13.7. The summed E-state index contributed by atoms with van der Waals surface area (Å²) >= 11 is 5.24. The van der Waals surface area contributed by atoms with E-state index in [1.54, 1.807) is 11.3 Å². The number of thiazole rings is 1. The predicted molar refractivity (Wildman–Crippen MR) is 79.2 cm³/mol. The lowest BCUT2D eigenvalue weighted by atomic mass is 9.89. The standard InChI is InChI=1S/C12H18BrNO2S2/c1-9-12(17-8-14-9)3-2-10(6-13)11-4-5-18(15,16)7-11/h8,10-11H,2-7H2,1H3. The van der Waals surface area contributed by atoms with Crippen LogP contribution in [0, 0.1) is 18.8 Å². The largest absolute Gasteiger partial charge is 0.250 e. The van der Waals surface area contributed by atoms with Gasteiger partial charge < -0.3 is 0 Å². The van der Waals surface area contributed by atoms with Crippen LogP contribution in [-0.4, -0.2) is 30.2 Å². The lowest BCUT2D eigenvalue weighted by Gasteiger charge is -2.19. The highest BCUT2D eigenvalue weighted by Gasteiger charge is 2.32. The molecule has 0 aliphatic carbocycles. The van der Waals surface area contributed by atoms with Crippen molar-refractivity contribution in [2.75, 3.05) is 16.8 Å². The Balaban J connectivity index is 1.92. The minimum absolute atomic E-state index is 0.336. The number of aryl methyl sites for hydroxylation is 2. The van der Waals surface area contributed by atoms with E-state index in [1.165, 1.54) is 4.88 Å². The number of halogens is 1. The molecular weight excluding hydrogens is 334 g/mol. The van der Waals surface area contributed by atoms with E-state index in [4.69, 9.17) is 0 Å². The van der Waals surface area contributed by atoms with Crippen LogP contribution in [0.1, 0.15) is 23.4 Å². The van der Waals surface area contributed by atoms with Gasteiger partial charge in [-0.3, -0.25) is 0 Å². The molecule has 1 aliphatic heterocycles. The molecule has 0 bridgehead atoms. The smallest absolute Gasteiger partial charge is 0.150 e. The first-order valence-corrected chi connectivity index (χ1v) is 9.99. The Kier molecular flexibility index (Phi) is 4.83. The van der Waals surface area contributed by atoms with Crippen molar-refractivity contribution in [3.63, 3.8) is 0 Å². The molecule has 1 fully saturated rings. The normalized spacial score (nSPS) is 24.2. The number of sulfone groups is 1. The lowest BCUT2D eigenvalue weighted by Crippen LogP contribution is -2.18. The van der Waals surface area contributed by atoms with Gasteiger partial charge in [0, 0.05) is 10.2 Å². The lowest BCUT2D eigenvalue weighted by molar-refractivity contribution is 0.381. The van der Waals surface area contributed by atoms with E-state index < -0.39 is 9.84 Å². The van der Waals surface area contributed by atoms with Gasteiger partial charge >= 0.3 is 0 Å². The van der Waals surface area contributed by atoms with E-state index in [9.17, 15) is 8.42 Å². The minimum atomic E-state index is -2.76. The summed E-state index contributed by atoms with van der Waals surface area (Å²) in [6, 6.07) is 0. The van der Waals surface area contributed by atoms with Gasteiger partial charge in [-0.2, -0.15) is 0 Å². The van der Waals surface area contributed by atoms with Crippen molar-refractivity contribution in [1.29, 1.82) is 0 Å². The van der Waals surface area contributed by atoms with Gasteiger partial charge in [-0.15, -0.1) is 11.3 Å². The zero-order chi connectivity index (χ0) is 13.2. The van der Waals surface area contributed by atoms with Gasteiger partial charge in [0.25, 0.3) is 0 Å². The molecular formula is C12H18BrNO2S2. The van der Waals surface area contributed by atoms with Crippen molar-refractivity contribution in [3.8, 4) is 0 Å². The summed E-state index contributed by atoms with van der Waals surface area (Å²) in [5.74, 6) is 1.55. The molecule has 102 valence electrons. The Morgan fingerprint density at radius 2 is 2.39 bits per heavy atom. The highest BCUT2D eigenvalue weighted by atomic mass is 79.9. The molecule has 1 aromatic rings. The fourth-order valence-corrected chi connectivity index (χ4v) is 6.09. The highest BCUT2D eigenvalue weighted by Crippen LogP contribution is 2.31. The summed E-state index contributed by atoms with van der Waals surface area (Å²) in [6.07, 6.45) is 2.90. The average molecular weight is 352 g/mol. The third-order valence-electron chi connectivity index (χ3n) is 3.72. The molecule has 0 saturated carbocycles. The summed E-state index contributed by atoms with van der Waals surface area (Å²) in [4.78, 5) is 5.59. The van der Waals surface area contributed by atoms with Crippen LogP contribution in [0.4, 0.5) is 0 Å². The van der Waals surface area contributed by atoms with E-state index in [1.807, 2.05) is 12.4 Å². The van der Waals surface area contributed by atoms with E-state index in [0.717, 1.165) is 30.3 Å². The second-order valence-electron chi connectivity index (χ2n) is 4.98. The molecule has 2 atom stereocenters. The molecule has 1 aromatic heterocycles. The summed E-state index contributed by atoms with van der Waals surface area (Å²) < 4.78 is 23.1. The van der Waals surface area contributed by atoms with Crippen LogP contribution in [0.25, 0.3) is 0 Å². The maximum absolute atomic E-state index is 11.5. The molecule has 0 radical (unpaired) electrons. The summed E-state index contributed by atoms with van der Waals surface area (Å²) in [7, 11) is -2.76. The fraction of sp³-hybridized carbons (Fsp3) is 0.750. The molecule has 1 aliphatic rings. The molecule has 0 spiro atoms. The molecule has 2 heterocycles. The fourth-order valence-electron chi connectivity index (χ4n) is 2.52. The minimum Gasteiger partial charge on any atom is -0.250 e. The van der Waals surface area contributed by atoms with Gasteiger partial charge in [0.2, 0.25) is 0 Å². The maximum Gasteiger partial charge on any atom is 0.150 e.